The van der Waals surface area contributed by atoms with Crippen molar-refractivity contribution in [3.63, 3.8) is 0 Å². The molecule has 5 rings (SSSR count). The molecule has 0 spiro atoms. The molecular formula is C24H30N6O. The highest BCUT2D eigenvalue weighted by atomic mass is 16.2. The summed E-state index contributed by atoms with van der Waals surface area (Å²) in [7, 11) is 2.10. The van der Waals surface area contributed by atoms with Crippen molar-refractivity contribution < 1.29 is 4.79 Å². The summed E-state index contributed by atoms with van der Waals surface area (Å²) in [5.41, 5.74) is 2.80. The van der Waals surface area contributed by atoms with E-state index in [0.717, 1.165) is 54.2 Å². The number of aromatic nitrogens is 4. The Morgan fingerprint density at radius 3 is 2.48 bits per heavy atom. The zero-order chi connectivity index (χ0) is 21.2. The second-order valence-corrected chi connectivity index (χ2v) is 8.92. The van der Waals surface area contributed by atoms with Gasteiger partial charge < -0.3 is 9.80 Å². The van der Waals surface area contributed by atoms with Crippen LogP contribution in [0, 0.1) is 0 Å². The zero-order valence-corrected chi connectivity index (χ0v) is 18.2. The van der Waals surface area contributed by atoms with E-state index in [-0.39, 0.29) is 5.91 Å². The summed E-state index contributed by atoms with van der Waals surface area (Å²) >= 11 is 0. The van der Waals surface area contributed by atoms with Crippen LogP contribution in [0.2, 0.25) is 0 Å². The molecule has 1 aromatic carbocycles. The third kappa shape index (κ3) is 4.32. The van der Waals surface area contributed by atoms with Gasteiger partial charge in [-0.3, -0.25) is 4.79 Å². The van der Waals surface area contributed by atoms with Crippen LogP contribution in [0.5, 0.6) is 0 Å². The van der Waals surface area contributed by atoms with Crippen LogP contribution in [0.3, 0.4) is 0 Å². The lowest BCUT2D eigenvalue weighted by Gasteiger charge is -2.32. The number of carbonyl (C=O) groups is 1. The van der Waals surface area contributed by atoms with E-state index in [1.54, 1.807) is 0 Å². The summed E-state index contributed by atoms with van der Waals surface area (Å²) in [6.07, 6.45) is 10.6. The van der Waals surface area contributed by atoms with Crippen LogP contribution >= 0.6 is 0 Å². The Kier molecular flexibility index (Phi) is 5.68. The number of carbonyl (C=O) groups excluding carboxylic acids is 1. The van der Waals surface area contributed by atoms with Crippen LogP contribution < -0.4 is 0 Å². The lowest BCUT2D eigenvalue weighted by atomic mass is 9.96. The summed E-state index contributed by atoms with van der Waals surface area (Å²) in [6.45, 7) is 3.45. The minimum atomic E-state index is 0.119. The molecule has 3 heterocycles. The predicted molar refractivity (Wildman–Crippen MR) is 120 cm³/mol. The van der Waals surface area contributed by atoms with Crippen molar-refractivity contribution in [3.05, 3.63) is 53.6 Å². The normalized spacial score (nSPS) is 18.5. The van der Waals surface area contributed by atoms with E-state index in [2.05, 4.69) is 26.7 Å². The van der Waals surface area contributed by atoms with E-state index in [1.807, 2.05) is 41.6 Å². The molecular weight excluding hydrogens is 388 g/mol. The Labute approximate surface area is 183 Å². The highest BCUT2D eigenvalue weighted by Gasteiger charge is 2.21. The van der Waals surface area contributed by atoms with Crippen molar-refractivity contribution in [2.75, 3.05) is 33.2 Å². The summed E-state index contributed by atoms with van der Waals surface area (Å²) in [5.74, 6) is 0.914. The van der Waals surface area contributed by atoms with Crippen molar-refractivity contribution in [2.45, 2.75) is 44.6 Å². The van der Waals surface area contributed by atoms with Crippen LogP contribution in [-0.4, -0.2) is 68.7 Å². The number of rotatable bonds is 4. The van der Waals surface area contributed by atoms with Crippen molar-refractivity contribution in [3.8, 4) is 0 Å². The number of amides is 1. The first kappa shape index (κ1) is 20.1. The lowest BCUT2D eigenvalue weighted by Crippen LogP contribution is -2.47. The first-order valence-electron chi connectivity index (χ1n) is 11.4. The minimum absolute atomic E-state index is 0.119. The van der Waals surface area contributed by atoms with Crippen LogP contribution in [0.25, 0.3) is 11.0 Å². The van der Waals surface area contributed by atoms with Crippen LogP contribution in [0.4, 0.5) is 0 Å². The molecule has 1 aliphatic carbocycles. The number of likely N-dealkylation sites (N-methyl/N-ethyl adjacent to an activating group) is 1. The second-order valence-electron chi connectivity index (χ2n) is 8.92. The van der Waals surface area contributed by atoms with Gasteiger partial charge in [0.2, 0.25) is 0 Å². The number of hydrogen-bond acceptors (Lipinski definition) is 5. The molecule has 0 bridgehead atoms. The van der Waals surface area contributed by atoms with Gasteiger partial charge in [0.1, 0.15) is 5.82 Å². The van der Waals surface area contributed by atoms with Gasteiger partial charge in [-0.25, -0.2) is 14.6 Å². The fourth-order valence-corrected chi connectivity index (χ4v) is 4.69. The molecule has 1 aliphatic heterocycles. The van der Waals surface area contributed by atoms with Crippen molar-refractivity contribution in [2.24, 2.45) is 0 Å². The summed E-state index contributed by atoms with van der Waals surface area (Å²) in [5, 5.41) is 5.62. The molecule has 31 heavy (non-hydrogen) atoms. The Bertz CT molecular complexity index is 1050. The first-order valence-corrected chi connectivity index (χ1v) is 11.4. The maximum Gasteiger partial charge on any atom is 0.253 e. The molecule has 162 valence electrons. The van der Waals surface area contributed by atoms with Crippen LogP contribution in [0.15, 0.2) is 36.7 Å². The van der Waals surface area contributed by atoms with E-state index >= 15 is 0 Å². The fourth-order valence-electron chi connectivity index (χ4n) is 4.69. The SMILES string of the molecule is CN1CCN(C(=O)c2ccc(Cc3ncc4cnn(C5CCCCC5)c4n3)cc2)CC1. The van der Waals surface area contributed by atoms with Crippen LogP contribution in [-0.2, 0) is 6.42 Å². The first-order chi connectivity index (χ1) is 15.2. The van der Waals surface area contributed by atoms with Gasteiger partial charge >= 0.3 is 0 Å². The van der Waals surface area contributed by atoms with Gasteiger partial charge in [-0.2, -0.15) is 5.10 Å². The third-order valence-electron chi connectivity index (χ3n) is 6.66. The molecule has 0 unspecified atom stereocenters. The number of piperazine rings is 1. The average molecular weight is 419 g/mol. The van der Waals surface area contributed by atoms with E-state index in [4.69, 9.17) is 4.98 Å². The van der Waals surface area contributed by atoms with E-state index < -0.39 is 0 Å². The molecule has 3 aromatic rings. The average Bonchev–Trinajstić information content (AvgIpc) is 3.23. The maximum atomic E-state index is 12.8. The summed E-state index contributed by atoms with van der Waals surface area (Å²) < 4.78 is 2.11. The molecule has 1 saturated heterocycles. The quantitative estimate of drug-likeness (QED) is 0.650. The molecule has 7 heteroatoms. The lowest BCUT2D eigenvalue weighted by molar-refractivity contribution is 0.0664. The van der Waals surface area contributed by atoms with Gasteiger partial charge in [-0.15, -0.1) is 0 Å². The number of fused-ring (bicyclic) bond motifs is 1. The zero-order valence-electron chi connectivity index (χ0n) is 18.2. The van der Waals surface area contributed by atoms with Crippen molar-refractivity contribution in [1.29, 1.82) is 0 Å². The molecule has 0 N–H and O–H groups in total. The van der Waals surface area contributed by atoms with Crippen LogP contribution in [0.1, 0.15) is 59.9 Å². The minimum Gasteiger partial charge on any atom is -0.336 e. The highest BCUT2D eigenvalue weighted by Crippen LogP contribution is 2.29. The largest absolute Gasteiger partial charge is 0.336 e. The predicted octanol–water partition coefficient (Wildman–Crippen LogP) is 3.31. The molecule has 2 aromatic heterocycles. The summed E-state index contributed by atoms with van der Waals surface area (Å²) in [4.78, 5) is 26.4. The van der Waals surface area contributed by atoms with Gasteiger partial charge in [-0.1, -0.05) is 31.4 Å². The topological polar surface area (TPSA) is 67.2 Å². The fraction of sp³-hybridized carbons (Fsp3) is 0.500. The Morgan fingerprint density at radius 1 is 1.00 bits per heavy atom. The molecule has 2 fully saturated rings. The van der Waals surface area contributed by atoms with Crippen molar-refractivity contribution in [1.82, 2.24) is 29.5 Å². The molecule has 7 nitrogen and oxygen atoms in total. The Hall–Kier alpha value is -2.80. The monoisotopic (exact) mass is 418 g/mol. The smallest absolute Gasteiger partial charge is 0.253 e. The highest BCUT2D eigenvalue weighted by molar-refractivity contribution is 5.94. The Morgan fingerprint density at radius 2 is 1.74 bits per heavy atom. The maximum absolute atomic E-state index is 12.8. The number of nitrogens with zero attached hydrogens (tertiary/aromatic N) is 6. The van der Waals surface area contributed by atoms with Gasteiger partial charge in [-0.05, 0) is 37.6 Å². The Balaban J connectivity index is 1.30. The van der Waals surface area contributed by atoms with E-state index in [0.29, 0.717) is 12.5 Å². The van der Waals surface area contributed by atoms with E-state index in [9.17, 15) is 4.79 Å². The number of benzene rings is 1. The summed E-state index contributed by atoms with van der Waals surface area (Å²) in [6, 6.07) is 8.36. The van der Waals surface area contributed by atoms with Gasteiger partial charge in [0.05, 0.1) is 17.6 Å². The molecule has 2 aliphatic rings. The molecule has 0 radical (unpaired) electrons. The molecule has 0 atom stereocenters. The molecule has 1 saturated carbocycles. The van der Waals surface area contributed by atoms with Crippen molar-refractivity contribution >= 4 is 16.9 Å². The van der Waals surface area contributed by atoms with Gasteiger partial charge in [0, 0.05) is 44.4 Å². The standard InChI is InChI=1S/C24H30N6O/c1-28-11-13-29(14-12-28)24(31)19-9-7-18(8-10-19)15-22-25-16-20-17-26-30(23(20)27-22)21-5-3-2-4-6-21/h7-10,16-17,21H,2-6,11-15H2,1H3. The van der Waals surface area contributed by atoms with Gasteiger partial charge in [0.25, 0.3) is 5.91 Å². The number of hydrogen-bond donors (Lipinski definition) is 0. The third-order valence-corrected chi connectivity index (χ3v) is 6.66. The van der Waals surface area contributed by atoms with E-state index in [1.165, 1.54) is 32.1 Å². The molecule has 1 amide bonds. The second kappa shape index (κ2) is 8.75. The van der Waals surface area contributed by atoms with Gasteiger partial charge in [0.15, 0.2) is 5.65 Å².